The number of fused-ring (bicyclic) bond motifs is 1. The van der Waals surface area contributed by atoms with E-state index in [2.05, 4.69) is 11.0 Å². The Balaban J connectivity index is 1.46. The minimum atomic E-state index is -0.257. The Kier molecular flexibility index (Phi) is 6.62. The van der Waals surface area contributed by atoms with Crippen molar-refractivity contribution in [1.82, 2.24) is 4.57 Å². The zero-order valence-corrected chi connectivity index (χ0v) is 18.4. The highest BCUT2D eigenvalue weighted by Gasteiger charge is 2.26. The Morgan fingerprint density at radius 1 is 1.03 bits per heavy atom. The fraction of sp³-hybridized carbons (Fsp3) is 0.360. The molecule has 1 fully saturated rings. The summed E-state index contributed by atoms with van der Waals surface area (Å²) in [6, 6.07) is 17.5. The summed E-state index contributed by atoms with van der Waals surface area (Å²) < 4.78 is 18.3. The van der Waals surface area contributed by atoms with E-state index >= 15 is 0 Å². The molecule has 2 aromatic carbocycles. The van der Waals surface area contributed by atoms with Crippen LogP contribution in [0.15, 0.2) is 53.3 Å². The zero-order chi connectivity index (χ0) is 22.5. The Morgan fingerprint density at radius 3 is 2.41 bits per heavy atom. The van der Waals surface area contributed by atoms with E-state index in [9.17, 15) is 10.1 Å². The van der Waals surface area contributed by atoms with E-state index < -0.39 is 0 Å². The standard InChI is InChI=1S/C25H27N3O4/c1-27-23-6-4-3-5-21(23)24(22(17-26)25(27)29)28-13-11-20(12-14-28)32-19-9-7-18(8-10-19)31-16-15-30-2/h3-10,20H,11-16H2,1-2H3. The predicted octanol–water partition coefficient (Wildman–Crippen LogP) is 3.48. The van der Waals surface area contributed by atoms with Crippen LogP contribution in [0.1, 0.15) is 18.4 Å². The summed E-state index contributed by atoms with van der Waals surface area (Å²) in [6.07, 6.45) is 1.69. The lowest BCUT2D eigenvalue weighted by atomic mass is 10.0. The van der Waals surface area contributed by atoms with Crippen molar-refractivity contribution in [2.24, 2.45) is 7.05 Å². The fourth-order valence-electron chi connectivity index (χ4n) is 4.16. The number of para-hydroxylation sites is 1. The molecule has 32 heavy (non-hydrogen) atoms. The predicted molar refractivity (Wildman–Crippen MR) is 124 cm³/mol. The van der Waals surface area contributed by atoms with Crippen molar-refractivity contribution < 1.29 is 14.2 Å². The zero-order valence-electron chi connectivity index (χ0n) is 18.4. The largest absolute Gasteiger partial charge is 0.491 e. The number of methoxy groups -OCH3 is 1. The minimum Gasteiger partial charge on any atom is -0.491 e. The molecule has 0 unspecified atom stereocenters. The van der Waals surface area contributed by atoms with Crippen LogP contribution in [0.4, 0.5) is 5.69 Å². The molecule has 1 aliphatic rings. The molecule has 1 aromatic heterocycles. The lowest BCUT2D eigenvalue weighted by molar-refractivity contribution is 0.146. The van der Waals surface area contributed by atoms with Gasteiger partial charge in [-0.1, -0.05) is 18.2 Å². The van der Waals surface area contributed by atoms with Gasteiger partial charge in [0, 0.05) is 45.5 Å². The van der Waals surface area contributed by atoms with Gasteiger partial charge >= 0.3 is 0 Å². The summed E-state index contributed by atoms with van der Waals surface area (Å²) in [5.41, 5.74) is 1.52. The number of nitrogens with zero attached hydrogens (tertiary/aromatic N) is 3. The van der Waals surface area contributed by atoms with Crippen LogP contribution >= 0.6 is 0 Å². The summed E-state index contributed by atoms with van der Waals surface area (Å²) in [6.45, 7) is 2.49. The van der Waals surface area contributed by atoms with Crippen LogP contribution in [0.5, 0.6) is 11.5 Å². The van der Waals surface area contributed by atoms with Crippen LogP contribution in [0.2, 0.25) is 0 Å². The van der Waals surface area contributed by atoms with Crippen molar-refractivity contribution in [3.05, 3.63) is 64.4 Å². The van der Waals surface area contributed by atoms with Gasteiger partial charge in [-0.25, -0.2) is 0 Å². The molecule has 4 rings (SSSR count). The third kappa shape index (κ3) is 4.41. The Labute approximate surface area is 187 Å². The van der Waals surface area contributed by atoms with Gasteiger partial charge in [0.25, 0.3) is 5.56 Å². The first-order valence-electron chi connectivity index (χ1n) is 10.8. The first-order valence-corrected chi connectivity index (χ1v) is 10.8. The smallest absolute Gasteiger partial charge is 0.270 e. The normalized spacial score (nSPS) is 14.3. The Bertz CT molecular complexity index is 1170. The van der Waals surface area contributed by atoms with E-state index in [1.165, 1.54) is 0 Å². The second-order valence-electron chi connectivity index (χ2n) is 7.83. The summed E-state index contributed by atoms with van der Waals surface area (Å²) in [7, 11) is 3.36. The van der Waals surface area contributed by atoms with Gasteiger partial charge in [0.2, 0.25) is 0 Å². The molecule has 0 radical (unpaired) electrons. The lowest BCUT2D eigenvalue weighted by Gasteiger charge is -2.35. The molecule has 1 saturated heterocycles. The fourth-order valence-corrected chi connectivity index (χ4v) is 4.16. The molecular weight excluding hydrogens is 406 g/mol. The molecule has 1 aliphatic heterocycles. The van der Waals surface area contributed by atoms with E-state index in [0.717, 1.165) is 40.9 Å². The van der Waals surface area contributed by atoms with E-state index in [1.807, 2.05) is 48.5 Å². The number of aromatic nitrogens is 1. The van der Waals surface area contributed by atoms with Gasteiger partial charge in [-0.2, -0.15) is 5.26 Å². The molecule has 0 spiro atoms. The average Bonchev–Trinajstić information content (AvgIpc) is 2.83. The monoisotopic (exact) mass is 433 g/mol. The highest BCUT2D eigenvalue weighted by Crippen LogP contribution is 2.31. The quantitative estimate of drug-likeness (QED) is 0.531. The molecular formula is C25H27N3O4. The SMILES string of the molecule is COCCOc1ccc(OC2CCN(c3c(C#N)c(=O)n(C)c4ccccc34)CC2)cc1. The van der Waals surface area contributed by atoms with Gasteiger partial charge in [-0.3, -0.25) is 4.79 Å². The van der Waals surface area contributed by atoms with Crippen LogP contribution in [0.25, 0.3) is 10.9 Å². The van der Waals surface area contributed by atoms with Gasteiger partial charge < -0.3 is 23.7 Å². The molecule has 3 aromatic rings. The average molecular weight is 434 g/mol. The van der Waals surface area contributed by atoms with Gasteiger partial charge in [0.15, 0.2) is 0 Å². The maximum absolute atomic E-state index is 12.8. The minimum absolute atomic E-state index is 0.0786. The van der Waals surface area contributed by atoms with Crippen molar-refractivity contribution >= 4 is 16.6 Å². The summed E-state index contributed by atoms with van der Waals surface area (Å²) >= 11 is 0. The molecule has 2 heterocycles. The number of hydrogen-bond acceptors (Lipinski definition) is 6. The highest BCUT2D eigenvalue weighted by atomic mass is 16.5. The van der Waals surface area contributed by atoms with Crippen LogP contribution < -0.4 is 19.9 Å². The van der Waals surface area contributed by atoms with E-state index in [-0.39, 0.29) is 17.2 Å². The maximum atomic E-state index is 12.8. The number of benzene rings is 2. The molecule has 0 bridgehead atoms. The third-order valence-corrected chi connectivity index (χ3v) is 5.83. The van der Waals surface area contributed by atoms with Gasteiger partial charge in [-0.05, 0) is 30.3 Å². The number of ether oxygens (including phenoxy) is 3. The number of piperidine rings is 1. The molecule has 0 atom stereocenters. The molecule has 7 heteroatoms. The Hall–Kier alpha value is -3.50. The second kappa shape index (κ2) is 9.75. The lowest BCUT2D eigenvalue weighted by Crippen LogP contribution is -2.40. The van der Waals surface area contributed by atoms with Crippen LogP contribution in [0, 0.1) is 11.3 Å². The van der Waals surface area contributed by atoms with Crippen molar-refractivity contribution in [3.8, 4) is 17.6 Å². The number of anilines is 1. The van der Waals surface area contributed by atoms with Crippen LogP contribution in [0.3, 0.4) is 0 Å². The molecule has 166 valence electrons. The van der Waals surface area contributed by atoms with E-state index in [0.29, 0.717) is 26.3 Å². The number of hydrogen-bond donors (Lipinski definition) is 0. The molecule has 0 N–H and O–H groups in total. The van der Waals surface area contributed by atoms with Gasteiger partial charge in [0.05, 0.1) is 17.8 Å². The van der Waals surface area contributed by atoms with E-state index in [1.54, 1.807) is 18.7 Å². The van der Waals surface area contributed by atoms with E-state index in [4.69, 9.17) is 14.2 Å². The van der Waals surface area contributed by atoms with Crippen LogP contribution in [-0.4, -0.2) is 44.1 Å². The summed E-state index contributed by atoms with van der Waals surface area (Å²) in [4.78, 5) is 14.9. The van der Waals surface area contributed by atoms with Crippen molar-refractivity contribution in [1.29, 1.82) is 5.26 Å². The molecule has 7 nitrogen and oxygen atoms in total. The van der Waals surface area contributed by atoms with Crippen molar-refractivity contribution in [2.75, 3.05) is 38.3 Å². The third-order valence-electron chi connectivity index (χ3n) is 5.83. The molecule has 0 amide bonds. The number of rotatable bonds is 7. The van der Waals surface area contributed by atoms with Crippen LogP contribution in [-0.2, 0) is 11.8 Å². The highest BCUT2D eigenvalue weighted by molar-refractivity contribution is 5.94. The summed E-state index contributed by atoms with van der Waals surface area (Å²) in [5.74, 6) is 1.59. The number of nitriles is 1. The topological polar surface area (TPSA) is 76.7 Å². The first kappa shape index (κ1) is 21.7. The number of aryl methyl sites for hydroxylation is 1. The molecule has 0 saturated carbocycles. The molecule has 0 aliphatic carbocycles. The van der Waals surface area contributed by atoms with Crippen molar-refractivity contribution in [2.45, 2.75) is 18.9 Å². The first-order chi connectivity index (χ1) is 15.6. The second-order valence-corrected chi connectivity index (χ2v) is 7.83. The van der Waals surface area contributed by atoms with Crippen molar-refractivity contribution in [3.63, 3.8) is 0 Å². The summed E-state index contributed by atoms with van der Waals surface area (Å²) in [5, 5.41) is 10.6. The Morgan fingerprint density at radius 2 is 1.72 bits per heavy atom. The maximum Gasteiger partial charge on any atom is 0.270 e. The number of pyridine rings is 1. The van der Waals surface area contributed by atoms with Gasteiger partial charge in [-0.15, -0.1) is 0 Å². The van der Waals surface area contributed by atoms with Gasteiger partial charge in [0.1, 0.15) is 35.8 Å².